The Hall–Kier alpha value is -3.34. The maximum Gasteiger partial charge on any atom is 0.320 e. The fourth-order valence-electron chi connectivity index (χ4n) is 4.41. The minimum atomic E-state index is -0.240. The number of imidazole rings is 1. The number of aryl methyl sites for hydroxylation is 2. The van der Waals surface area contributed by atoms with Gasteiger partial charge in [0, 0.05) is 39.0 Å². The molecule has 0 saturated carbocycles. The molecule has 2 aliphatic heterocycles. The molecule has 0 spiro atoms. The van der Waals surface area contributed by atoms with E-state index >= 15 is 0 Å². The Balaban J connectivity index is 1.34. The van der Waals surface area contributed by atoms with Crippen LogP contribution in [0, 0.1) is 6.92 Å². The third kappa shape index (κ3) is 3.86. The molecule has 0 radical (unpaired) electrons. The molecule has 33 heavy (non-hydrogen) atoms. The largest absolute Gasteiger partial charge is 0.471 e. The lowest BCUT2D eigenvalue weighted by Gasteiger charge is -2.47. The van der Waals surface area contributed by atoms with Gasteiger partial charge in [-0.15, -0.1) is 0 Å². The summed E-state index contributed by atoms with van der Waals surface area (Å²) >= 11 is 0. The van der Waals surface area contributed by atoms with Crippen LogP contribution in [-0.4, -0.2) is 90.3 Å². The van der Waals surface area contributed by atoms with Gasteiger partial charge in [-0.25, -0.2) is 24.7 Å². The third-order valence-electron chi connectivity index (χ3n) is 6.36. The quantitative estimate of drug-likeness (QED) is 0.577. The summed E-state index contributed by atoms with van der Waals surface area (Å²) in [5.74, 6) is 1.85. The van der Waals surface area contributed by atoms with E-state index in [0.29, 0.717) is 55.6 Å². The Morgan fingerprint density at radius 2 is 1.94 bits per heavy atom. The first-order chi connectivity index (χ1) is 15.9. The molecule has 0 N–H and O–H groups in total. The van der Waals surface area contributed by atoms with Crippen molar-refractivity contribution >= 4 is 17.2 Å². The van der Waals surface area contributed by atoms with Gasteiger partial charge >= 0.3 is 6.03 Å². The molecule has 11 nitrogen and oxygen atoms in total. The van der Waals surface area contributed by atoms with E-state index in [1.54, 1.807) is 19.5 Å². The number of nitrogens with zero attached hydrogens (tertiary/aromatic N) is 8. The Labute approximate surface area is 191 Å². The van der Waals surface area contributed by atoms with Gasteiger partial charge in [-0.05, 0) is 20.8 Å². The van der Waals surface area contributed by atoms with E-state index in [1.165, 1.54) is 6.33 Å². The average molecular weight is 453 g/mol. The lowest BCUT2D eigenvalue weighted by Crippen LogP contribution is -2.64. The molecule has 11 heteroatoms. The number of ether oxygens (including phenoxy) is 2. The van der Waals surface area contributed by atoms with E-state index in [9.17, 15) is 4.79 Å². The van der Waals surface area contributed by atoms with Crippen molar-refractivity contribution in [3.8, 4) is 17.3 Å². The molecule has 5 rings (SSSR count). The van der Waals surface area contributed by atoms with Crippen LogP contribution in [-0.2, 0) is 11.3 Å². The second-order valence-electron chi connectivity index (χ2n) is 8.82. The molecule has 2 saturated heterocycles. The Kier molecular flexibility index (Phi) is 5.35. The number of fused-ring (bicyclic) bond motifs is 1. The number of hydrogen-bond acceptors (Lipinski definition) is 8. The molecule has 174 valence electrons. The van der Waals surface area contributed by atoms with Crippen molar-refractivity contribution in [1.82, 2.24) is 39.3 Å². The number of hydrogen-bond donors (Lipinski definition) is 0. The SMILES string of the molecule is CCn1c(-c2cnc(C)nc2)nc2c(OC3CCN(C(=O)N4CC(C)(OC)C4)C3)ncnc21. The lowest BCUT2D eigenvalue weighted by atomic mass is 9.97. The van der Waals surface area contributed by atoms with Crippen molar-refractivity contribution in [2.24, 2.45) is 0 Å². The van der Waals surface area contributed by atoms with Gasteiger partial charge in [0.1, 0.15) is 29.7 Å². The second-order valence-corrected chi connectivity index (χ2v) is 8.82. The van der Waals surface area contributed by atoms with Gasteiger partial charge in [0.2, 0.25) is 5.88 Å². The molecule has 2 aliphatic rings. The first-order valence-corrected chi connectivity index (χ1v) is 11.2. The first-order valence-electron chi connectivity index (χ1n) is 11.2. The highest BCUT2D eigenvalue weighted by Gasteiger charge is 2.44. The molecule has 1 unspecified atom stereocenters. The van der Waals surface area contributed by atoms with Gasteiger partial charge in [-0.2, -0.15) is 4.98 Å². The Bertz CT molecular complexity index is 1170. The Morgan fingerprint density at radius 1 is 1.18 bits per heavy atom. The average Bonchev–Trinajstić information content (AvgIpc) is 3.42. The maximum atomic E-state index is 12.8. The summed E-state index contributed by atoms with van der Waals surface area (Å²) in [6.07, 6.45) is 5.59. The number of amides is 2. The number of carbonyl (C=O) groups excluding carboxylic acids is 1. The van der Waals surface area contributed by atoms with Crippen LogP contribution >= 0.6 is 0 Å². The fraction of sp³-hybridized carbons (Fsp3) is 0.545. The molecule has 0 aromatic carbocycles. The van der Waals surface area contributed by atoms with Gasteiger partial charge in [0.25, 0.3) is 0 Å². The minimum absolute atomic E-state index is 0.0281. The first kappa shape index (κ1) is 21.5. The Morgan fingerprint density at radius 3 is 2.64 bits per heavy atom. The summed E-state index contributed by atoms with van der Waals surface area (Å²) in [6, 6.07) is 0.0281. The molecular formula is C22H28N8O3. The summed E-state index contributed by atoms with van der Waals surface area (Å²) in [7, 11) is 1.68. The zero-order valence-electron chi connectivity index (χ0n) is 19.4. The molecule has 3 aromatic heterocycles. The van der Waals surface area contributed by atoms with Crippen LogP contribution in [0.5, 0.6) is 5.88 Å². The van der Waals surface area contributed by atoms with Crippen LogP contribution in [0.15, 0.2) is 18.7 Å². The predicted molar refractivity (Wildman–Crippen MR) is 120 cm³/mol. The number of aromatic nitrogens is 6. The van der Waals surface area contributed by atoms with Crippen molar-refractivity contribution in [1.29, 1.82) is 0 Å². The lowest BCUT2D eigenvalue weighted by molar-refractivity contribution is -0.0949. The van der Waals surface area contributed by atoms with E-state index in [-0.39, 0.29) is 17.7 Å². The topological polar surface area (TPSA) is 111 Å². The monoisotopic (exact) mass is 452 g/mol. The van der Waals surface area contributed by atoms with Crippen molar-refractivity contribution < 1.29 is 14.3 Å². The van der Waals surface area contributed by atoms with Crippen molar-refractivity contribution in [2.45, 2.75) is 45.4 Å². The summed E-state index contributed by atoms with van der Waals surface area (Å²) in [6.45, 7) is 8.95. The zero-order chi connectivity index (χ0) is 23.2. The zero-order valence-corrected chi connectivity index (χ0v) is 19.4. The van der Waals surface area contributed by atoms with Gasteiger partial charge in [0.05, 0.1) is 25.2 Å². The predicted octanol–water partition coefficient (Wildman–Crippen LogP) is 1.91. The number of rotatable bonds is 5. The van der Waals surface area contributed by atoms with Crippen LogP contribution in [0.4, 0.5) is 4.79 Å². The summed E-state index contributed by atoms with van der Waals surface area (Å²) in [5, 5.41) is 0. The molecule has 2 fully saturated rings. The highest BCUT2D eigenvalue weighted by Crippen LogP contribution is 2.30. The molecular weight excluding hydrogens is 424 g/mol. The fourth-order valence-corrected chi connectivity index (χ4v) is 4.41. The van der Waals surface area contributed by atoms with E-state index in [0.717, 1.165) is 17.8 Å². The summed E-state index contributed by atoms with van der Waals surface area (Å²) < 4.78 is 13.7. The highest BCUT2D eigenvalue weighted by molar-refractivity contribution is 5.81. The number of urea groups is 1. The van der Waals surface area contributed by atoms with Gasteiger partial charge in [-0.3, -0.25) is 0 Å². The van der Waals surface area contributed by atoms with Crippen LogP contribution in [0.25, 0.3) is 22.6 Å². The molecule has 0 aliphatic carbocycles. The van der Waals surface area contributed by atoms with E-state index in [1.807, 2.05) is 35.1 Å². The maximum absolute atomic E-state index is 12.8. The second kappa shape index (κ2) is 8.22. The van der Waals surface area contributed by atoms with E-state index in [2.05, 4.69) is 19.9 Å². The van der Waals surface area contributed by atoms with Crippen molar-refractivity contribution in [3.05, 3.63) is 24.5 Å². The molecule has 1 atom stereocenters. The normalized spacial score (nSPS) is 19.7. The summed E-state index contributed by atoms with van der Waals surface area (Å²) in [4.78, 5) is 38.6. The standard InChI is InChI=1S/C22H28N8O3/c1-5-30-18(15-8-23-14(2)24-9-15)27-17-19(30)25-13-26-20(17)33-16-6-7-28(10-16)21(31)29-11-22(3,12-29)32-4/h8-9,13,16H,5-7,10-12H2,1-4H3. The van der Waals surface area contributed by atoms with E-state index < -0.39 is 0 Å². The van der Waals surface area contributed by atoms with Crippen LogP contribution in [0.2, 0.25) is 0 Å². The van der Waals surface area contributed by atoms with Gasteiger partial charge < -0.3 is 23.8 Å². The molecule has 0 bridgehead atoms. The molecule has 5 heterocycles. The van der Waals surface area contributed by atoms with Gasteiger partial charge in [-0.1, -0.05) is 0 Å². The number of likely N-dealkylation sites (tertiary alicyclic amines) is 2. The van der Waals surface area contributed by atoms with Crippen molar-refractivity contribution in [3.63, 3.8) is 0 Å². The minimum Gasteiger partial charge on any atom is -0.471 e. The highest BCUT2D eigenvalue weighted by atomic mass is 16.5. The number of methoxy groups -OCH3 is 1. The molecule has 2 amide bonds. The van der Waals surface area contributed by atoms with Gasteiger partial charge in [0.15, 0.2) is 11.2 Å². The van der Waals surface area contributed by atoms with Crippen LogP contribution in [0.1, 0.15) is 26.1 Å². The summed E-state index contributed by atoms with van der Waals surface area (Å²) in [5.41, 5.74) is 1.86. The molecule has 3 aromatic rings. The smallest absolute Gasteiger partial charge is 0.320 e. The third-order valence-corrected chi connectivity index (χ3v) is 6.36. The van der Waals surface area contributed by atoms with E-state index in [4.69, 9.17) is 14.5 Å². The number of carbonyl (C=O) groups is 1. The van der Waals surface area contributed by atoms with Crippen LogP contribution < -0.4 is 4.74 Å². The van der Waals surface area contributed by atoms with Crippen LogP contribution in [0.3, 0.4) is 0 Å². The van der Waals surface area contributed by atoms with Crippen molar-refractivity contribution in [2.75, 3.05) is 33.3 Å².